The molecule has 166 valence electrons. The summed E-state index contributed by atoms with van der Waals surface area (Å²) in [6.45, 7) is 4.37. The molecule has 1 aliphatic rings. The number of anilines is 1. The number of nitrogens with one attached hydrogen (secondary N) is 1. The molecule has 32 heavy (non-hydrogen) atoms. The fourth-order valence-electron chi connectivity index (χ4n) is 3.86. The largest absolute Gasteiger partial charge is 0.494 e. The Morgan fingerprint density at radius 1 is 1.09 bits per heavy atom. The normalized spacial score (nSPS) is 15.8. The van der Waals surface area contributed by atoms with Crippen LogP contribution in [0.1, 0.15) is 25.3 Å². The summed E-state index contributed by atoms with van der Waals surface area (Å²) in [5, 5.41) is 3.08. The van der Waals surface area contributed by atoms with Crippen molar-refractivity contribution in [3.05, 3.63) is 72.6 Å². The summed E-state index contributed by atoms with van der Waals surface area (Å²) < 4.78 is 11.6. The third-order valence-electron chi connectivity index (χ3n) is 5.42. The van der Waals surface area contributed by atoms with Gasteiger partial charge >= 0.3 is 0 Å². The van der Waals surface area contributed by atoms with Crippen LogP contribution in [0.2, 0.25) is 0 Å². The molecule has 0 bridgehead atoms. The first kappa shape index (κ1) is 21.6. The van der Waals surface area contributed by atoms with Crippen molar-refractivity contribution in [2.45, 2.75) is 26.3 Å². The summed E-state index contributed by atoms with van der Waals surface area (Å²) in [6.07, 6.45) is 5.01. The number of para-hydroxylation sites is 2. The average molecular weight is 433 g/mol. The van der Waals surface area contributed by atoms with E-state index in [-0.39, 0.29) is 11.8 Å². The number of piperidine rings is 1. The number of carbonyl (C=O) groups is 1. The van der Waals surface area contributed by atoms with E-state index >= 15 is 0 Å². The minimum atomic E-state index is -0.130. The van der Waals surface area contributed by atoms with Crippen LogP contribution in [0.3, 0.4) is 0 Å². The molecule has 7 nitrogen and oxygen atoms in total. The van der Waals surface area contributed by atoms with E-state index in [1.807, 2.05) is 61.5 Å². The van der Waals surface area contributed by atoms with Crippen molar-refractivity contribution in [3.63, 3.8) is 0 Å². The zero-order chi connectivity index (χ0) is 22.2. The van der Waals surface area contributed by atoms with Crippen LogP contribution in [0, 0.1) is 5.92 Å². The van der Waals surface area contributed by atoms with Crippen molar-refractivity contribution in [1.82, 2.24) is 15.3 Å². The van der Waals surface area contributed by atoms with Gasteiger partial charge in [-0.05, 0) is 38.0 Å². The van der Waals surface area contributed by atoms with Crippen molar-refractivity contribution in [2.24, 2.45) is 5.92 Å². The predicted molar refractivity (Wildman–Crippen MR) is 123 cm³/mol. The zero-order valence-electron chi connectivity index (χ0n) is 18.2. The van der Waals surface area contributed by atoms with Gasteiger partial charge < -0.3 is 19.7 Å². The summed E-state index contributed by atoms with van der Waals surface area (Å²) in [5.41, 5.74) is 0.975. The van der Waals surface area contributed by atoms with Crippen LogP contribution in [0.5, 0.6) is 17.4 Å². The highest BCUT2D eigenvalue weighted by Crippen LogP contribution is 2.31. The van der Waals surface area contributed by atoms with Crippen LogP contribution < -0.4 is 19.7 Å². The number of benzene rings is 2. The number of rotatable bonds is 8. The van der Waals surface area contributed by atoms with Gasteiger partial charge in [0.1, 0.15) is 11.5 Å². The number of carbonyl (C=O) groups excluding carboxylic acids is 1. The molecule has 1 saturated heterocycles. The third-order valence-corrected chi connectivity index (χ3v) is 5.42. The number of hydrogen-bond donors (Lipinski definition) is 1. The molecule has 0 spiro atoms. The van der Waals surface area contributed by atoms with Crippen LogP contribution in [0.15, 0.2) is 67.0 Å². The van der Waals surface area contributed by atoms with Crippen molar-refractivity contribution in [2.75, 3.05) is 24.6 Å². The van der Waals surface area contributed by atoms with Gasteiger partial charge in [0.05, 0.1) is 12.5 Å². The van der Waals surface area contributed by atoms with E-state index in [1.165, 1.54) is 0 Å². The van der Waals surface area contributed by atoms with Crippen LogP contribution >= 0.6 is 0 Å². The molecule has 7 heteroatoms. The standard InChI is InChI=1S/C25H28N4O3/c1-2-31-22-13-7-6-9-19(22)17-28-24(30)20-10-8-16-29(18-20)23-25(27-15-14-26-23)32-21-11-4-3-5-12-21/h3-7,9,11-15,20H,2,8,10,16-18H2,1H3,(H,28,30)/t20-/m1/s1. The highest BCUT2D eigenvalue weighted by atomic mass is 16.5. The molecule has 1 aliphatic heterocycles. The molecule has 1 aromatic heterocycles. The second-order valence-electron chi connectivity index (χ2n) is 7.64. The Hall–Kier alpha value is -3.61. The lowest BCUT2D eigenvalue weighted by Crippen LogP contribution is -2.43. The lowest BCUT2D eigenvalue weighted by Gasteiger charge is -2.33. The quantitative estimate of drug-likeness (QED) is 0.575. The van der Waals surface area contributed by atoms with Gasteiger partial charge in [-0.1, -0.05) is 36.4 Å². The highest BCUT2D eigenvalue weighted by molar-refractivity contribution is 5.79. The third kappa shape index (κ3) is 5.35. The molecular formula is C25H28N4O3. The Morgan fingerprint density at radius 2 is 1.88 bits per heavy atom. The molecule has 1 amide bonds. The van der Waals surface area contributed by atoms with Crippen LogP contribution in [-0.2, 0) is 11.3 Å². The van der Waals surface area contributed by atoms with E-state index in [0.29, 0.717) is 37.1 Å². The molecule has 3 aromatic rings. The van der Waals surface area contributed by atoms with Gasteiger partial charge in [0.2, 0.25) is 5.91 Å². The summed E-state index contributed by atoms with van der Waals surface area (Å²) in [6, 6.07) is 17.3. The van der Waals surface area contributed by atoms with E-state index in [1.54, 1.807) is 12.4 Å². The summed E-state index contributed by atoms with van der Waals surface area (Å²) in [5.74, 6) is 2.53. The van der Waals surface area contributed by atoms with Crippen molar-refractivity contribution in [3.8, 4) is 17.4 Å². The predicted octanol–water partition coefficient (Wildman–Crippen LogP) is 4.20. The van der Waals surface area contributed by atoms with Gasteiger partial charge in [0.25, 0.3) is 5.88 Å². The second-order valence-corrected chi connectivity index (χ2v) is 7.64. The maximum atomic E-state index is 12.9. The molecule has 1 atom stereocenters. The lowest BCUT2D eigenvalue weighted by atomic mass is 9.97. The smallest absolute Gasteiger partial charge is 0.263 e. The Morgan fingerprint density at radius 3 is 2.72 bits per heavy atom. The first-order valence-electron chi connectivity index (χ1n) is 11.0. The van der Waals surface area contributed by atoms with E-state index in [0.717, 1.165) is 30.7 Å². The van der Waals surface area contributed by atoms with Crippen LogP contribution in [-0.4, -0.2) is 35.6 Å². The zero-order valence-corrected chi connectivity index (χ0v) is 18.2. The molecule has 0 radical (unpaired) electrons. The van der Waals surface area contributed by atoms with Gasteiger partial charge in [-0.25, -0.2) is 9.97 Å². The Balaban J connectivity index is 1.41. The number of hydrogen-bond acceptors (Lipinski definition) is 6. The van der Waals surface area contributed by atoms with E-state index in [2.05, 4.69) is 20.2 Å². The molecule has 1 N–H and O–H groups in total. The van der Waals surface area contributed by atoms with Gasteiger partial charge in [-0.3, -0.25) is 4.79 Å². The van der Waals surface area contributed by atoms with Gasteiger partial charge in [0, 0.05) is 37.6 Å². The topological polar surface area (TPSA) is 76.6 Å². The first-order chi connectivity index (χ1) is 15.7. The molecule has 1 fully saturated rings. The van der Waals surface area contributed by atoms with Crippen molar-refractivity contribution >= 4 is 11.7 Å². The number of amides is 1. The van der Waals surface area contributed by atoms with Crippen LogP contribution in [0.4, 0.5) is 5.82 Å². The SMILES string of the molecule is CCOc1ccccc1CNC(=O)[C@@H]1CCCN(c2nccnc2Oc2ccccc2)C1. The average Bonchev–Trinajstić information content (AvgIpc) is 2.84. The van der Waals surface area contributed by atoms with Gasteiger partial charge in [-0.15, -0.1) is 0 Å². The molecule has 0 saturated carbocycles. The molecule has 4 rings (SSSR count). The maximum Gasteiger partial charge on any atom is 0.263 e. The Kier molecular flexibility index (Phi) is 7.17. The summed E-state index contributed by atoms with van der Waals surface area (Å²) in [4.78, 5) is 23.9. The molecule has 2 heterocycles. The number of nitrogens with zero attached hydrogens (tertiary/aromatic N) is 3. The first-order valence-corrected chi connectivity index (χ1v) is 11.0. The number of aromatic nitrogens is 2. The number of ether oxygens (including phenoxy) is 2. The Bertz CT molecular complexity index is 1030. The minimum Gasteiger partial charge on any atom is -0.494 e. The lowest BCUT2D eigenvalue weighted by molar-refractivity contribution is -0.125. The van der Waals surface area contributed by atoms with Crippen molar-refractivity contribution in [1.29, 1.82) is 0 Å². The minimum absolute atomic E-state index is 0.0374. The van der Waals surface area contributed by atoms with Crippen molar-refractivity contribution < 1.29 is 14.3 Å². The molecule has 0 unspecified atom stereocenters. The molecule has 2 aromatic carbocycles. The molecular weight excluding hydrogens is 404 g/mol. The highest BCUT2D eigenvalue weighted by Gasteiger charge is 2.28. The second kappa shape index (κ2) is 10.6. The van der Waals surface area contributed by atoms with Crippen LogP contribution in [0.25, 0.3) is 0 Å². The monoisotopic (exact) mass is 432 g/mol. The van der Waals surface area contributed by atoms with E-state index in [9.17, 15) is 4.79 Å². The fourth-order valence-corrected chi connectivity index (χ4v) is 3.86. The van der Waals surface area contributed by atoms with E-state index in [4.69, 9.17) is 9.47 Å². The Labute approximate surface area is 188 Å². The molecule has 0 aliphatic carbocycles. The summed E-state index contributed by atoms with van der Waals surface area (Å²) in [7, 11) is 0. The van der Waals surface area contributed by atoms with Gasteiger partial charge in [0.15, 0.2) is 5.82 Å². The maximum absolute atomic E-state index is 12.9. The fraction of sp³-hybridized carbons (Fsp3) is 0.320. The van der Waals surface area contributed by atoms with E-state index < -0.39 is 0 Å². The van der Waals surface area contributed by atoms with Gasteiger partial charge in [-0.2, -0.15) is 0 Å². The summed E-state index contributed by atoms with van der Waals surface area (Å²) >= 11 is 0.